The fourth-order valence-electron chi connectivity index (χ4n) is 2.49. The van der Waals surface area contributed by atoms with E-state index in [-0.39, 0.29) is 17.3 Å². The monoisotopic (exact) mass is 270 g/mol. The van der Waals surface area contributed by atoms with Crippen LogP contribution in [0.1, 0.15) is 17.5 Å². The first kappa shape index (κ1) is 12.4. The number of aryl methyl sites for hydroxylation is 2. The summed E-state index contributed by atoms with van der Waals surface area (Å²) in [6, 6.07) is 8.78. The van der Waals surface area contributed by atoms with Crippen molar-refractivity contribution in [2.24, 2.45) is 0 Å². The first-order valence-corrected chi connectivity index (χ1v) is 6.43. The molecule has 0 radical (unpaired) electrons. The van der Waals surface area contributed by atoms with Gasteiger partial charge in [-0.25, -0.2) is 4.98 Å². The molecule has 0 atom stereocenters. The normalized spacial score (nSPS) is 13.0. The van der Waals surface area contributed by atoms with Gasteiger partial charge in [0, 0.05) is 11.8 Å². The van der Waals surface area contributed by atoms with Crippen LogP contribution in [0.25, 0.3) is 0 Å². The summed E-state index contributed by atoms with van der Waals surface area (Å²) in [7, 11) is 0. The molecular formula is C14H14N4O2. The molecule has 0 saturated carbocycles. The molecule has 0 spiro atoms. The molecule has 6 nitrogen and oxygen atoms in total. The van der Waals surface area contributed by atoms with Gasteiger partial charge in [-0.3, -0.25) is 10.1 Å². The van der Waals surface area contributed by atoms with Crippen molar-refractivity contribution in [3.8, 4) is 0 Å². The lowest BCUT2D eigenvalue weighted by atomic mass is 10.1. The van der Waals surface area contributed by atoms with E-state index in [1.807, 2.05) is 12.1 Å². The Morgan fingerprint density at radius 3 is 2.80 bits per heavy atom. The predicted octanol–water partition coefficient (Wildman–Crippen LogP) is 2.80. The van der Waals surface area contributed by atoms with Gasteiger partial charge in [-0.05, 0) is 48.6 Å². The lowest BCUT2D eigenvalue weighted by molar-refractivity contribution is -0.384. The van der Waals surface area contributed by atoms with Crippen LogP contribution in [0, 0.1) is 10.1 Å². The maximum Gasteiger partial charge on any atom is 0.311 e. The largest absolute Gasteiger partial charge is 0.384 e. The van der Waals surface area contributed by atoms with Crippen LogP contribution in [-0.4, -0.2) is 9.91 Å². The Bertz CT molecular complexity index is 685. The highest BCUT2D eigenvalue weighted by Crippen LogP contribution is 2.29. The Kier molecular flexibility index (Phi) is 2.98. The van der Waals surface area contributed by atoms with E-state index in [0.29, 0.717) is 0 Å². The summed E-state index contributed by atoms with van der Waals surface area (Å²) in [4.78, 5) is 14.5. The van der Waals surface area contributed by atoms with E-state index in [0.717, 1.165) is 24.9 Å². The average molecular weight is 270 g/mol. The number of nitrogens with zero attached hydrogens (tertiary/aromatic N) is 2. The number of nitrogens with one attached hydrogen (secondary N) is 1. The fourth-order valence-corrected chi connectivity index (χ4v) is 2.49. The standard InChI is InChI=1S/C14H14N4O2/c15-13-7-6-12(18(19)20)14(17-13)16-11-5-4-9-2-1-3-10(9)8-11/h4-8H,1-3H2,(H3,15,16,17). The highest BCUT2D eigenvalue weighted by molar-refractivity contribution is 5.68. The average Bonchev–Trinajstić information content (AvgIpc) is 2.85. The molecule has 0 saturated heterocycles. The quantitative estimate of drug-likeness (QED) is 0.660. The van der Waals surface area contributed by atoms with E-state index in [9.17, 15) is 10.1 Å². The van der Waals surface area contributed by atoms with Gasteiger partial charge in [-0.2, -0.15) is 0 Å². The van der Waals surface area contributed by atoms with Crippen molar-refractivity contribution in [1.29, 1.82) is 0 Å². The zero-order chi connectivity index (χ0) is 14.1. The summed E-state index contributed by atoms with van der Waals surface area (Å²) >= 11 is 0. The number of rotatable bonds is 3. The van der Waals surface area contributed by atoms with Gasteiger partial charge in [-0.1, -0.05) is 6.07 Å². The van der Waals surface area contributed by atoms with E-state index in [1.165, 1.54) is 23.3 Å². The molecule has 102 valence electrons. The Morgan fingerprint density at radius 2 is 2.00 bits per heavy atom. The van der Waals surface area contributed by atoms with Gasteiger partial charge in [-0.15, -0.1) is 0 Å². The molecule has 2 aromatic rings. The molecule has 6 heteroatoms. The van der Waals surface area contributed by atoms with Gasteiger partial charge < -0.3 is 11.1 Å². The molecule has 0 fully saturated rings. The molecule has 0 aliphatic heterocycles. The van der Waals surface area contributed by atoms with Crippen molar-refractivity contribution in [2.75, 3.05) is 11.1 Å². The van der Waals surface area contributed by atoms with Gasteiger partial charge in [0.25, 0.3) is 0 Å². The number of pyridine rings is 1. The molecule has 20 heavy (non-hydrogen) atoms. The molecule has 1 heterocycles. The molecule has 0 bridgehead atoms. The number of hydrogen-bond donors (Lipinski definition) is 2. The smallest absolute Gasteiger partial charge is 0.311 e. The van der Waals surface area contributed by atoms with Crippen LogP contribution in [0.5, 0.6) is 0 Å². The van der Waals surface area contributed by atoms with Crippen LogP contribution in [0.15, 0.2) is 30.3 Å². The van der Waals surface area contributed by atoms with Gasteiger partial charge >= 0.3 is 5.69 Å². The van der Waals surface area contributed by atoms with E-state index in [2.05, 4.69) is 16.4 Å². The topological polar surface area (TPSA) is 94.1 Å². The van der Waals surface area contributed by atoms with E-state index in [4.69, 9.17) is 5.73 Å². The number of anilines is 3. The van der Waals surface area contributed by atoms with Crippen LogP contribution in [0.3, 0.4) is 0 Å². The van der Waals surface area contributed by atoms with Gasteiger partial charge in [0.2, 0.25) is 5.82 Å². The third-order valence-electron chi connectivity index (χ3n) is 3.45. The third-order valence-corrected chi connectivity index (χ3v) is 3.45. The minimum atomic E-state index is -0.470. The maximum atomic E-state index is 11.0. The molecule has 0 amide bonds. The predicted molar refractivity (Wildman–Crippen MR) is 77.1 cm³/mol. The van der Waals surface area contributed by atoms with Gasteiger partial charge in [0.05, 0.1) is 4.92 Å². The number of nitro groups is 1. The second-order valence-electron chi connectivity index (χ2n) is 4.82. The number of aromatic nitrogens is 1. The summed E-state index contributed by atoms with van der Waals surface area (Å²) in [5.41, 5.74) is 8.96. The van der Waals surface area contributed by atoms with Crippen molar-refractivity contribution >= 4 is 23.0 Å². The summed E-state index contributed by atoms with van der Waals surface area (Å²) in [6.45, 7) is 0. The lowest BCUT2D eigenvalue weighted by Gasteiger charge is -2.08. The molecule has 3 N–H and O–H groups in total. The maximum absolute atomic E-state index is 11.0. The van der Waals surface area contributed by atoms with Crippen molar-refractivity contribution in [3.63, 3.8) is 0 Å². The lowest BCUT2D eigenvalue weighted by Crippen LogP contribution is -2.02. The van der Waals surface area contributed by atoms with E-state index >= 15 is 0 Å². The van der Waals surface area contributed by atoms with E-state index < -0.39 is 4.92 Å². The number of nitrogens with two attached hydrogens (primary N) is 1. The number of fused-ring (bicyclic) bond motifs is 1. The Hall–Kier alpha value is -2.63. The zero-order valence-corrected chi connectivity index (χ0v) is 10.8. The molecule has 3 rings (SSSR count). The highest BCUT2D eigenvalue weighted by Gasteiger charge is 2.17. The number of nitrogen functional groups attached to an aromatic ring is 1. The second-order valence-corrected chi connectivity index (χ2v) is 4.82. The Balaban J connectivity index is 1.95. The molecule has 1 aromatic heterocycles. The summed E-state index contributed by atoms with van der Waals surface area (Å²) in [5.74, 6) is 0.423. The molecule has 1 aliphatic rings. The van der Waals surface area contributed by atoms with Crippen LogP contribution < -0.4 is 11.1 Å². The molecule has 0 unspecified atom stereocenters. The Labute approximate surface area is 115 Å². The molecule has 1 aromatic carbocycles. The van der Waals surface area contributed by atoms with Crippen molar-refractivity contribution < 1.29 is 4.92 Å². The van der Waals surface area contributed by atoms with Crippen molar-refractivity contribution in [2.45, 2.75) is 19.3 Å². The zero-order valence-electron chi connectivity index (χ0n) is 10.8. The SMILES string of the molecule is Nc1ccc([N+](=O)[O-])c(Nc2ccc3c(c2)CCC3)n1. The van der Waals surface area contributed by atoms with Crippen molar-refractivity contribution in [1.82, 2.24) is 4.98 Å². The number of benzene rings is 1. The Morgan fingerprint density at radius 1 is 1.20 bits per heavy atom. The molecular weight excluding hydrogens is 256 g/mol. The number of hydrogen-bond acceptors (Lipinski definition) is 5. The summed E-state index contributed by atoms with van der Waals surface area (Å²) in [5, 5.41) is 14.0. The van der Waals surface area contributed by atoms with Crippen LogP contribution in [0.2, 0.25) is 0 Å². The summed E-state index contributed by atoms with van der Waals surface area (Å²) in [6.07, 6.45) is 3.32. The van der Waals surface area contributed by atoms with Crippen LogP contribution in [-0.2, 0) is 12.8 Å². The minimum Gasteiger partial charge on any atom is -0.384 e. The third kappa shape index (κ3) is 2.27. The first-order valence-electron chi connectivity index (χ1n) is 6.43. The van der Waals surface area contributed by atoms with E-state index in [1.54, 1.807) is 0 Å². The van der Waals surface area contributed by atoms with Crippen LogP contribution in [0.4, 0.5) is 23.0 Å². The second kappa shape index (κ2) is 4.80. The molecule has 1 aliphatic carbocycles. The minimum absolute atomic E-state index is 0.0836. The van der Waals surface area contributed by atoms with Crippen molar-refractivity contribution in [3.05, 3.63) is 51.6 Å². The van der Waals surface area contributed by atoms with Crippen LogP contribution >= 0.6 is 0 Å². The van der Waals surface area contributed by atoms with Gasteiger partial charge in [0.1, 0.15) is 5.82 Å². The fraction of sp³-hybridized carbons (Fsp3) is 0.214. The van der Waals surface area contributed by atoms with Gasteiger partial charge in [0.15, 0.2) is 0 Å². The highest BCUT2D eigenvalue weighted by atomic mass is 16.6. The summed E-state index contributed by atoms with van der Waals surface area (Å²) < 4.78 is 0. The first-order chi connectivity index (χ1) is 9.63.